The topological polar surface area (TPSA) is 102 Å². The van der Waals surface area contributed by atoms with Gasteiger partial charge in [-0.05, 0) is 53.2 Å². The number of halogens is 1. The molecule has 1 amide bonds. The number of nitrogens with one attached hydrogen (secondary N) is 1. The number of anilines is 1. The summed E-state index contributed by atoms with van der Waals surface area (Å²) in [6, 6.07) is 11.3. The van der Waals surface area contributed by atoms with E-state index in [0.717, 1.165) is 5.56 Å². The number of carbonyl (C=O) groups excluding carboxylic acids is 2. The van der Waals surface area contributed by atoms with E-state index in [1.165, 1.54) is 22.5 Å². The molecular formula is C20H21BrN2O6S. The van der Waals surface area contributed by atoms with Gasteiger partial charge in [-0.15, -0.1) is 0 Å². The van der Waals surface area contributed by atoms with E-state index in [4.69, 9.17) is 9.47 Å². The molecule has 10 heteroatoms. The summed E-state index contributed by atoms with van der Waals surface area (Å²) in [6.07, 6.45) is 0. The van der Waals surface area contributed by atoms with Crippen molar-refractivity contribution in [2.24, 2.45) is 0 Å². The lowest BCUT2D eigenvalue weighted by Gasteiger charge is -2.26. The highest BCUT2D eigenvalue weighted by Gasteiger charge is 2.29. The molecule has 2 aromatic rings. The third-order valence-electron chi connectivity index (χ3n) is 4.42. The SMILES string of the molecule is Cc1ccc(NC(=O)COC(=O)c2ccc(Br)c(S(=O)(=O)N3CCOCC3)c2)cc1. The maximum atomic E-state index is 12.9. The number of ether oxygens (including phenoxy) is 2. The molecule has 3 rings (SSSR count). The second-order valence-electron chi connectivity index (χ2n) is 6.65. The molecular weight excluding hydrogens is 476 g/mol. The van der Waals surface area contributed by atoms with Gasteiger partial charge in [0.15, 0.2) is 6.61 Å². The van der Waals surface area contributed by atoms with Crippen LogP contribution in [0.5, 0.6) is 0 Å². The minimum absolute atomic E-state index is 0.0353. The van der Waals surface area contributed by atoms with E-state index < -0.39 is 28.5 Å². The molecule has 1 N–H and O–H groups in total. The van der Waals surface area contributed by atoms with Crippen molar-refractivity contribution in [1.29, 1.82) is 0 Å². The number of morpholine rings is 1. The number of aryl methyl sites for hydroxylation is 1. The summed E-state index contributed by atoms with van der Waals surface area (Å²) in [6.45, 7) is 2.54. The fourth-order valence-electron chi connectivity index (χ4n) is 2.80. The maximum Gasteiger partial charge on any atom is 0.338 e. The summed E-state index contributed by atoms with van der Waals surface area (Å²) in [5, 5.41) is 2.63. The van der Waals surface area contributed by atoms with E-state index in [0.29, 0.717) is 23.4 Å². The Bertz CT molecular complexity index is 1030. The maximum absolute atomic E-state index is 12.9. The molecule has 1 aliphatic heterocycles. The number of esters is 1. The van der Waals surface area contributed by atoms with Crippen molar-refractivity contribution in [3.05, 3.63) is 58.1 Å². The van der Waals surface area contributed by atoms with Crippen molar-refractivity contribution < 1.29 is 27.5 Å². The molecule has 0 radical (unpaired) electrons. The van der Waals surface area contributed by atoms with Crippen molar-refractivity contribution in [2.45, 2.75) is 11.8 Å². The van der Waals surface area contributed by atoms with Crippen LogP contribution in [0.3, 0.4) is 0 Å². The second kappa shape index (κ2) is 9.69. The zero-order chi connectivity index (χ0) is 21.7. The number of rotatable bonds is 6. The highest BCUT2D eigenvalue weighted by atomic mass is 79.9. The van der Waals surface area contributed by atoms with Crippen LogP contribution in [0, 0.1) is 6.92 Å². The molecule has 1 heterocycles. The first-order valence-corrected chi connectivity index (χ1v) is 11.4. The number of hydrogen-bond acceptors (Lipinski definition) is 6. The van der Waals surface area contributed by atoms with Crippen LogP contribution in [0.25, 0.3) is 0 Å². The Morgan fingerprint density at radius 1 is 1.13 bits per heavy atom. The van der Waals surface area contributed by atoms with Crippen LogP contribution >= 0.6 is 15.9 Å². The predicted molar refractivity (Wildman–Crippen MR) is 114 cm³/mol. The predicted octanol–water partition coefficient (Wildman–Crippen LogP) is 2.57. The number of nitrogens with zero attached hydrogens (tertiary/aromatic N) is 1. The van der Waals surface area contributed by atoms with Crippen LogP contribution in [-0.4, -0.2) is 57.5 Å². The quantitative estimate of drug-likeness (QED) is 0.616. The Balaban J connectivity index is 1.67. The van der Waals surface area contributed by atoms with E-state index in [9.17, 15) is 18.0 Å². The monoisotopic (exact) mass is 496 g/mol. The third kappa shape index (κ3) is 5.45. The van der Waals surface area contributed by atoms with Gasteiger partial charge >= 0.3 is 5.97 Å². The molecule has 30 heavy (non-hydrogen) atoms. The second-order valence-corrected chi connectivity index (χ2v) is 9.41. The average molecular weight is 497 g/mol. The van der Waals surface area contributed by atoms with Crippen molar-refractivity contribution in [3.63, 3.8) is 0 Å². The van der Waals surface area contributed by atoms with Gasteiger partial charge < -0.3 is 14.8 Å². The fraction of sp³-hybridized carbons (Fsp3) is 0.300. The summed E-state index contributed by atoms with van der Waals surface area (Å²) >= 11 is 3.23. The lowest BCUT2D eigenvalue weighted by molar-refractivity contribution is -0.119. The first-order valence-electron chi connectivity index (χ1n) is 9.18. The molecule has 2 aromatic carbocycles. The summed E-state index contributed by atoms with van der Waals surface area (Å²) in [4.78, 5) is 24.3. The van der Waals surface area contributed by atoms with Gasteiger partial charge in [-0.2, -0.15) is 4.31 Å². The Labute approximate surface area is 183 Å². The fourth-order valence-corrected chi connectivity index (χ4v) is 5.16. The molecule has 160 valence electrons. The summed E-state index contributed by atoms with van der Waals surface area (Å²) < 4.78 is 37.7. The average Bonchev–Trinajstić information content (AvgIpc) is 2.74. The highest BCUT2D eigenvalue weighted by Crippen LogP contribution is 2.27. The van der Waals surface area contributed by atoms with Gasteiger partial charge in [0.05, 0.1) is 23.7 Å². The van der Waals surface area contributed by atoms with Crippen molar-refractivity contribution in [2.75, 3.05) is 38.2 Å². The van der Waals surface area contributed by atoms with E-state index >= 15 is 0 Å². The van der Waals surface area contributed by atoms with Crippen molar-refractivity contribution in [3.8, 4) is 0 Å². The van der Waals surface area contributed by atoms with Gasteiger partial charge in [0.25, 0.3) is 5.91 Å². The molecule has 0 aliphatic carbocycles. The van der Waals surface area contributed by atoms with Crippen LogP contribution < -0.4 is 5.32 Å². The molecule has 1 fully saturated rings. The number of amides is 1. The van der Waals surface area contributed by atoms with Crippen LogP contribution in [0.15, 0.2) is 51.8 Å². The first-order chi connectivity index (χ1) is 14.3. The van der Waals surface area contributed by atoms with Gasteiger partial charge in [0.1, 0.15) is 0 Å². The lowest BCUT2D eigenvalue weighted by Crippen LogP contribution is -2.40. The van der Waals surface area contributed by atoms with E-state index in [1.807, 2.05) is 19.1 Å². The minimum Gasteiger partial charge on any atom is -0.452 e. The molecule has 0 saturated carbocycles. The number of carbonyl (C=O) groups is 2. The van der Waals surface area contributed by atoms with Gasteiger partial charge in [0, 0.05) is 23.2 Å². The zero-order valence-corrected chi connectivity index (χ0v) is 18.7. The van der Waals surface area contributed by atoms with E-state index in [1.54, 1.807) is 12.1 Å². The summed E-state index contributed by atoms with van der Waals surface area (Å²) in [5.74, 6) is -1.29. The highest BCUT2D eigenvalue weighted by molar-refractivity contribution is 9.10. The lowest BCUT2D eigenvalue weighted by atomic mass is 10.2. The van der Waals surface area contributed by atoms with Gasteiger partial charge in [0.2, 0.25) is 10.0 Å². The number of hydrogen-bond donors (Lipinski definition) is 1. The first kappa shape index (κ1) is 22.4. The summed E-state index contributed by atoms with van der Waals surface area (Å²) in [7, 11) is -3.80. The Hall–Kier alpha value is -2.27. The molecule has 0 spiro atoms. The normalized spacial score (nSPS) is 14.9. The Morgan fingerprint density at radius 2 is 1.80 bits per heavy atom. The Kier molecular flexibility index (Phi) is 7.24. The summed E-state index contributed by atoms with van der Waals surface area (Å²) in [5.41, 5.74) is 1.68. The van der Waals surface area contributed by atoms with Crippen LogP contribution in [0.4, 0.5) is 5.69 Å². The molecule has 0 unspecified atom stereocenters. The van der Waals surface area contributed by atoms with E-state index in [-0.39, 0.29) is 23.5 Å². The van der Waals surface area contributed by atoms with Crippen LogP contribution in [-0.2, 0) is 24.3 Å². The van der Waals surface area contributed by atoms with Crippen LogP contribution in [0.2, 0.25) is 0 Å². The number of benzene rings is 2. The third-order valence-corrected chi connectivity index (χ3v) is 7.32. The molecule has 1 saturated heterocycles. The molecule has 0 atom stereocenters. The van der Waals surface area contributed by atoms with Crippen molar-refractivity contribution >= 4 is 43.5 Å². The van der Waals surface area contributed by atoms with Gasteiger partial charge in [-0.1, -0.05) is 17.7 Å². The number of sulfonamides is 1. The largest absolute Gasteiger partial charge is 0.452 e. The van der Waals surface area contributed by atoms with Crippen molar-refractivity contribution in [1.82, 2.24) is 4.31 Å². The smallest absolute Gasteiger partial charge is 0.338 e. The van der Waals surface area contributed by atoms with E-state index in [2.05, 4.69) is 21.2 Å². The Morgan fingerprint density at radius 3 is 2.47 bits per heavy atom. The molecule has 1 aliphatic rings. The zero-order valence-electron chi connectivity index (χ0n) is 16.3. The standard InChI is InChI=1S/C20H21BrN2O6S/c1-14-2-5-16(6-3-14)22-19(24)13-29-20(25)15-4-7-17(21)18(12-15)30(26,27)23-8-10-28-11-9-23/h2-7,12H,8-11,13H2,1H3,(H,22,24). The molecule has 0 aromatic heterocycles. The molecule has 0 bridgehead atoms. The molecule has 8 nitrogen and oxygen atoms in total. The minimum atomic E-state index is -3.80. The van der Waals surface area contributed by atoms with Crippen LogP contribution in [0.1, 0.15) is 15.9 Å². The van der Waals surface area contributed by atoms with Gasteiger partial charge in [-0.25, -0.2) is 13.2 Å². The van der Waals surface area contributed by atoms with Gasteiger partial charge in [-0.3, -0.25) is 4.79 Å².